The molecule has 0 unspecified atom stereocenters. The Labute approximate surface area is 391 Å². The Hall–Kier alpha value is -5.90. The number of anilines is 1. The smallest absolute Gasteiger partial charge is 0.250 e. The summed E-state index contributed by atoms with van der Waals surface area (Å²) in [6, 6.07) is 21.0. The first-order valence-corrected chi connectivity index (χ1v) is 23.4. The van der Waals surface area contributed by atoms with Crippen molar-refractivity contribution in [3.05, 3.63) is 101 Å². The molecule has 0 aliphatic carbocycles. The van der Waals surface area contributed by atoms with Crippen LogP contribution in [-0.4, -0.2) is 146 Å². The van der Waals surface area contributed by atoms with Crippen molar-refractivity contribution < 1.29 is 17.6 Å². The van der Waals surface area contributed by atoms with Crippen LogP contribution in [0.15, 0.2) is 90.1 Å². The van der Waals surface area contributed by atoms with Gasteiger partial charge in [0.1, 0.15) is 10.4 Å². The van der Waals surface area contributed by atoms with E-state index in [0.29, 0.717) is 72.5 Å². The summed E-state index contributed by atoms with van der Waals surface area (Å²) in [4.78, 5) is 33.1. The van der Waals surface area contributed by atoms with E-state index >= 15 is 0 Å². The summed E-state index contributed by atoms with van der Waals surface area (Å²) >= 11 is 3.32. The third-order valence-corrected chi connectivity index (χ3v) is 13.4. The van der Waals surface area contributed by atoms with Gasteiger partial charge < -0.3 is 10.2 Å². The maximum Gasteiger partial charge on any atom is 0.250 e. The van der Waals surface area contributed by atoms with E-state index in [1.807, 2.05) is 48.5 Å². The summed E-state index contributed by atoms with van der Waals surface area (Å²) in [6.07, 6.45) is 8.97. The third kappa shape index (κ3) is 10.6. The number of halogens is 5. The molecule has 0 radical (unpaired) electrons. The minimum absolute atomic E-state index is 0.0451. The lowest BCUT2D eigenvalue weighted by Crippen LogP contribution is -2.46. The number of alkyl halides is 4. The Balaban J connectivity index is 0.000000131. The number of piperidine rings is 2. The van der Waals surface area contributed by atoms with E-state index < -0.39 is 11.8 Å². The number of benzene rings is 2. The quantitative estimate of drug-likeness (QED) is 0.166. The normalized spacial score (nSPS) is 20.8. The van der Waals surface area contributed by atoms with Crippen LogP contribution in [-0.2, 0) is 13.1 Å². The van der Waals surface area contributed by atoms with Crippen LogP contribution in [0.2, 0.25) is 0 Å². The second-order valence-corrected chi connectivity index (χ2v) is 18.4. The second-order valence-electron chi connectivity index (χ2n) is 17.6. The van der Waals surface area contributed by atoms with E-state index in [4.69, 9.17) is 4.98 Å². The SMILES string of the molecule is Brc1cnc2nnn(Cc3ccc4ncccc4c3)c2n1.FC1(F)CCN([C@@H]2CCN(c3cnc4nnn(Cc5ccc6ncccc6c5)c4n3)C2)CC1.FC1(F)CCN([C@H]2CCNC2)CC1. The maximum absolute atomic E-state index is 13.5. The van der Waals surface area contributed by atoms with Gasteiger partial charge in [-0.1, -0.05) is 34.7 Å². The van der Waals surface area contributed by atoms with Gasteiger partial charge >= 0.3 is 0 Å². The van der Waals surface area contributed by atoms with Crippen LogP contribution in [0.1, 0.15) is 49.7 Å². The maximum atomic E-state index is 13.5. The molecule has 10 heterocycles. The van der Waals surface area contributed by atoms with Gasteiger partial charge in [-0.05, 0) is 82.8 Å². The standard InChI is InChI=1S/C23H24F2N8.C14H9BrN6.C9H16F2N2/c24-23(25)6-10-31(11-7-23)18-5-9-32(15-18)20-13-27-21-22(28-20)33(30-29-21)14-16-3-4-19-17(12-16)2-1-8-26-19;15-12-7-17-13-14(18-12)21(20-19-13)8-9-3-4-11-10(6-9)2-1-5-16-11;10-9(11)2-5-13(6-3-9)8-1-4-12-7-8/h1-4,8,12-13,18H,5-7,9-11,14-15H2;1-7H,8H2;8,12H,1-7H2/t18-;;8-/m1.0/s1. The highest BCUT2D eigenvalue weighted by atomic mass is 79.9. The zero-order valence-electron chi connectivity index (χ0n) is 36.6. The van der Waals surface area contributed by atoms with Crippen molar-refractivity contribution >= 4 is 66.1 Å². The van der Waals surface area contributed by atoms with Crippen LogP contribution in [0.4, 0.5) is 23.4 Å². The van der Waals surface area contributed by atoms with E-state index in [0.717, 1.165) is 77.8 Å². The minimum Gasteiger partial charge on any atom is -0.354 e. The van der Waals surface area contributed by atoms with Gasteiger partial charge in [-0.15, -0.1) is 10.2 Å². The van der Waals surface area contributed by atoms with E-state index in [1.54, 1.807) is 34.2 Å². The summed E-state index contributed by atoms with van der Waals surface area (Å²) in [5, 5.41) is 22.0. The first-order chi connectivity index (χ1) is 32.5. The summed E-state index contributed by atoms with van der Waals surface area (Å²) < 4.78 is 56.9. The molecule has 0 saturated carbocycles. The molecule has 4 aliphatic heterocycles. The molecule has 1 N–H and O–H groups in total. The molecule has 0 amide bonds. The van der Waals surface area contributed by atoms with E-state index in [-0.39, 0.29) is 31.7 Å². The number of rotatable bonds is 7. The van der Waals surface area contributed by atoms with Gasteiger partial charge in [0.05, 0.1) is 36.5 Å². The fourth-order valence-electron chi connectivity index (χ4n) is 9.27. The Morgan fingerprint density at radius 1 is 0.627 bits per heavy atom. The van der Waals surface area contributed by atoms with E-state index in [2.05, 4.69) is 93.6 Å². The number of aromatic nitrogens is 12. The molecule has 16 nitrogen and oxygen atoms in total. The monoisotopic (exact) mass is 980 g/mol. The molecule has 8 aromatic rings. The van der Waals surface area contributed by atoms with Crippen molar-refractivity contribution in [3.8, 4) is 0 Å². The topological polar surface area (TPSA) is 161 Å². The van der Waals surface area contributed by atoms with Crippen LogP contribution in [0.3, 0.4) is 0 Å². The summed E-state index contributed by atoms with van der Waals surface area (Å²) in [5.41, 5.74) is 6.48. The molecular weight excluding hydrogens is 933 g/mol. The fraction of sp³-hybridized carbons (Fsp3) is 0.435. The molecular formula is C46H49BrF4N16. The molecule has 348 valence electrons. The van der Waals surface area contributed by atoms with Crippen LogP contribution in [0.5, 0.6) is 0 Å². The van der Waals surface area contributed by atoms with E-state index in [9.17, 15) is 17.6 Å². The largest absolute Gasteiger partial charge is 0.354 e. The number of pyridine rings is 2. The van der Waals surface area contributed by atoms with E-state index in [1.165, 1.54) is 0 Å². The Kier molecular flexibility index (Phi) is 13.0. The van der Waals surface area contributed by atoms with Crippen molar-refractivity contribution in [1.82, 2.24) is 75.0 Å². The first kappa shape index (κ1) is 44.9. The summed E-state index contributed by atoms with van der Waals surface area (Å²) in [5.74, 6) is -4.14. The number of likely N-dealkylation sites (tertiary alicyclic amines) is 2. The second kappa shape index (κ2) is 19.4. The van der Waals surface area contributed by atoms with Crippen LogP contribution >= 0.6 is 15.9 Å². The van der Waals surface area contributed by atoms with Crippen LogP contribution in [0.25, 0.3) is 44.4 Å². The third-order valence-electron chi connectivity index (χ3n) is 13.0. The van der Waals surface area contributed by atoms with Gasteiger partial charge in [-0.3, -0.25) is 19.8 Å². The van der Waals surface area contributed by atoms with Crippen molar-refractivity contribution in [2.24, 2.45) is 0 Å². The number of nitrogens with one attached hydrogen (secondary N) is 1. The van der Waals surface area contributed by atoms with Crippen LogP contribution in [0, 0.1) is 0 Å². The van der Waals surface area contributed by atoms with Gasteiger partial charge in [0.25, 0.3) is 11.8 Å². The van der Waals surface area contributed by atoms with Crippen molar-refractivity contribution in [2.45, 2.75) is 75.5 Å². The lowest BCUT2D eigenvalue weighted by atomic mass is 10.0. The number of fused-ring (bicyclic) bond motifs is 4. The number of hydrogen-bond acceptors (Lipinski definition) is 14. The van der Waals surface area contributed by atoms with Gasteiger partial charge in [0.2, 0.25) is 11.3 Å². The number of hydrogen-bond donors (Lipinski definition) is 1. The van der Waals surface area contributed by atoms with Gasteiger partial charge in [-0.25, -0.2) is 46.9 Å². The predicted octanol–water partition coefficient (Wildman–Crippen LogP) is 6.79. The molecule has 0 spiro atoms. The Bertz CT molecular complexity index is 2960. The zero-order valence-corrected chi connectivity index (χ0v) is 38.2. The Morgan fingerprint density at radius 2 is 1.18 bits per heavy atom. The highest BCUT2D eigenvalue weighted by molar-refractivity contribution is 9.10. The summed E-state index contributed by atoms with van der Waals surface area (Å²) in [6.45, 7) is 6.78. The van der Waals surface area contributed by atoms with Crippen LogP contribution < -0.4 is 10.2 Å². The van der Waals surface area contributed by atoms with Gasteiger partial charge in [0, 0.05) is 107 Å². The molecule has 4 fully saturated rings. The highest BCUT2D eigenvalue weighted by Gasteiger charge is 2.39. The lowest BCUT2D eigenvalue weighted by molar-refractivity contribution is -0.0620. The average Bonchev–Trinajstić information content (AvgIpc) is 4.19. The highest BCUT2D eigenvalue weighted by Crippen LogP contribution is 2.32. The fourth-order valence-corrected chi connectivity index (χ4v) is 9.54. The molecule has 21 heteroatoms. The molecule has 12 rings (SSSR count). The molecule has 2 aromatic carbocycles. The first-order valence-electron chi connectivity index (χ1n) is 22.7. The lowest BCUT2D eigenvalue weighted by Gasteiger charge is -2.35. The predicted molar refractivity (Wildman–Crippen MR) is 249 cm³/mol. The van der Waals surface area contributed by atoms with Crippen molar-refractivity contribution in [1.29, 1.82) is 0 Å². The van der Waals surface area contributed by atoms with Crippen molar-refractivity contribution in [3.63, 3.8) is 0 Å². The number of nitrogens with zero attached hydrogens (tertiary/aromatic N) is 15. The molecule has 4 aliphatic rings. The molecule has 2 atom stereocenters. The Morgan fingerprint density at radius 3 is 1.75 bits per heavy atom. The zero-order chi connectivity index (χ0) is 46.0. The molecule has 0 bridgehead atoms. The molecule has 6 aromatic heterocycles. The van der Waals surface area contributed by atoms with Gasteiger partial charge in [-0.2, -0.15) is 0 Å². The van der Waals surface area contributed by atoms with Crippen molar-refractivity contribution in [2.75, 3.05) is 57.3 Å². The average molecular weight is 982 g/mol. The molecule has 4 saturated heterocycles. The molecule has 67 heavy (non-hydrogen) atoms. The minimum atomic E-state index is -2.52. The summed E-state index contributed by atoms with van der Waals surface area (Å²) in [7, 11) is 0. The van der Waals surface area contributed by atoms with Gasteiger partial charge in [0.15, 0.2) is 11.3 Å².